The highest BCUT2D eigenvalue weighted by molar-refractivity contribution is 6.10. The van der Waals surface area contributed by atoms with Crippen LogP contribution in [0.4, 0.5) is 45.5 Å². The van der Waals surface area contributed by atoms with E-state index in [9.17, 15) is 62.9 Å². The minimum atomic E-state index is -0.616. The SMILES string of the molecule is CCC(C)Oc1cc(C(=O)Nc2ccc(C(N)=O)cc2OCC(C)C)ccc1[N+](=O)[O-].CCCCC(=O)Nc1ccc(C(=O)Nc2ccc(C(N)=O)cc2OCC(C)C)cc1OCC(C)C.CCCCCCCC(=O)Nc1ccc(C(=O)Nc2ccc(C(N)=O)cc2OCC(C)C)cc1OCC(C)C.COC(=O)c1ccc(NC(=O)c2ccc(NC(=O)CN)c(OCC(C)C)c2)c(OCC(C)C)c1. The maximum absolute atomic E-state index is 13.2. The van der Waals surface area contributed by atoms with Crippen LogP contribution >= 0.6 is 0 Å². The Bertz CT molecular complexity index is 5420. The van der Waals surface area contributed by atoms with Crippen LogP contribution in [-0.4, -0.2) is 136 Å². The molecule has 0 aliphatic heterocycles. The fourth-order valence-corrected chi connectivity index (χ4v) is 12.0. The highest BCUT2D eigenvalue weighted by atomic mass is 16.6. The lowest BCUT2D eigenvalue weighted by Gasteiger charge is -2.17. The molecule has 0 bridgehead atoms. The molecule has 0 spiro atoms. The number of anilines is 7. The van der Waals surface area contributed by atoms with Crippen molar-refractivity contribution in [1.29, 1.82) is 0 Å². The number of ether oxygens (including phenoxy) is 9. The molecular weight excluding hydrogens is 1770 g/mol. The molecule has 10 amide bonds. The summed E-state index contributed by atoms with van der Waals surface area (Å²) in [4.78, 5) is 146. The smallest absolute Gasteiger partial charge is 0.337 e. The molecule has 0 aliphatic rings. The number of nitrogens with zero attached hydrogens (tertiary/aromatic N) is 1. The number of unbranched alkanes of at least 4 members (excludes halogenated alkanes) is 5. The molecule has 0 aromatic heterocycles. The van der Waals surface area contributed by atoms with Crippen LogP contribution in [0.5, 0.6) is 46.0 Å². The Balaban J connectivity index is 0.000000325. The number of nitrogens with two attached hydrogens (primary N) is 4. The number of carbonyl (C=O) groups excluding carboxylic acids is 11. The van der Waals surface area contributed by atoms with E-state index >= 15 is 0 Å². The van der Waals surface area contributed by atoms with E-state index in [2.05, 4.69) is 44.1 Å². The number of carbonyl (C=O) groups is 11. The zero-order chi connectivity index (χ0) is 102. The summed E-state index contributed by atoms with van der Waals surface area (Å²) in [6, 6.07) is 36.9. The molecular formula is C104H140N12O22. The highest BCUT2D eigenvalue weighted by Crippen LogP contribution is 2.37. The van der Waals surface area contributed by atoms with Crippen molar-refractivity contribution in [1.82, 2.24) is 0 Å². The standard InChI is InChI=1S/C30H43N3O5.C27H37N3O5.C25H33N3O6.C22H27N3O6/c1-6-7-8-9-10-11-28(34)32-24-15-13-23(17-27(24)38-19-21(4)5)30(36)33-25-14-12-22(29(31)35)16-26(25)37-18-20(2)3;1-6-7-8-25(31)29-21-12-10-20(14-24(21)35-16-18(4)5)27(33)30-22-11-9-19(26(28)32)13-23(22)34-15-17(2)3;1-15(2)13-33-21-10-17(6-8-19(21)27-23(29)12-26)24(30)28-20-9-7-18(25(31)32-5)11-22(20)34-14-16(3)4;1-5-14(4)31-20-11-16(7-9-18(20)25(28)29)22(27)24-17-8-6-15(21(23)26)10-19(17)30-12-13(2)3/h12-17,20-21H,6-11,18-19H2,1-5H3,(H2,31,35)(H,32,34)(H,33,36);9-14,17-18H,6-8,15-16H2,1-5H3,(H2,28,32)(H,29,31)(H,30,33);6-11,15-16H,12-14,26H2,1-5H3,(H,27,29)(H,28,30);6-11,13-14H,5,12H2,1-4H3,(H2,23,26)(H,24,27). The minimum Gasteiger partial charge on any atom is -0.491 e. The van der Waals surface area contributed by atoms with Gasteiger partial charge in [-0.25, -0.2) is 4.79 Å². The van der Waals surface area contributed by atoms with Gasteiger partial charge in [0.05, 0.1) is 116 Å². The first-order valence-corrected chi connectivity index (χ1v) is 46.6. The highest BCUT2D eigenvalue weighted by Gasteiger charge is 2.26. The molecule has 8 rings (SSSR count). The number of amides is 10. The van der Waals surface area contributed by atoms with Gasteiger partial charge in [-0.2, -0.15) is 0 Å². The maximum atomic E-state index is 13.2. The monoisotopic (exact) mass is 1910 g/mol. The molecule has 0 aliphatic carbocycles. The average Bonchev–Trinajstić information content (AvgIpc) is 0.819. The van der Waals surface area contributed by atoms with E-state index in [-0.39, 0.29) is 117 Å². The average molecular weight is 1910 g/mol. The Morgan fingerprint density at radius 2 is 0.551 bits per heavy atom. The van der Waals surface area contributed by atoms with E-state index < -0.39 is 40.4 Å². The van der Waals surface area contributed by atoms with Crippen molar-refractivity contribution >= 4 is 111 Å². The zero-order valence-corrected chi connectivity index (χ0v) is 82.9. The summed E-state index contributed by atoms with van der Waals surface area (Å²) in [6.45, 7) is 38.5. The summed E-state index contributed by atoms with van der Waals surface area (Å²) < 4.78 is 51.3. The van der Waals surface area contributed by atoms with E-state index in [1.54, 1.807) is 85.8 Å². The number of hydrogen-bond acceptors (Lipinski definition) is 23. The van der Waals surface area contributed by atoms with E-state index in [4.69, 9.17) is 65.6 Å². The van der Waals surface area contributed by atoms with Crippen molar-refractivity contribution in [3.8, 4) is 46.0 Å². The van der Waals surface area contributed by atoms with Gasteiger partial charge in [-0.05, 0) is 201 Å². The van der Waals surface area contributed by atoms with Gasteiger partial charge in [-0.15, -0.1) is 0 Å². The van der Waals surface area contributed by atoms with E-state index in [0.717, 1.165) is 38.5 Å². The predicted molar refractivity (Wildman–Crippen MR) is 537 cm³/mol. The number of nitro groups is 1. The van der Waals surface area contributed by atoms with Gasteiger partial charge in [0, 0.05) is 63.9 Å². The van der Waals surface area contributed by atoms with Crippen molar-refractivity contribution in [2.45, 2.75) is 195 Å². The number of nitro benzene ring substituents is 1. The van der Waals surface area contributed by atoms with Crippen molar-refractivity contribution in [3.63, 3.8) is 0 Å². The fourth-order valence-electron chi connectivity index (χ4n) is 12.0. The van der Waals surface area contributed by atoms with Crippen LogP contribution in [0, 0.1) is 51.5 Å². The fraction of sp³-hybridized carbons (Fsp3) is 0.433. The molecule has 1 unspecified atom stereocenters. The summed E-state index contributed by atoms with van der Waals surface area (Å²) in [5, 5.41) is 31.0. The van der Waals surface area contributed by atoms with Gasteiger partial charge in [0.25, 0.3) is 23.6 Å². The van der Waals surface area contributed by atoms with E-state index in [1.807, 2.05) is 111 Å². The van der Waals surface area contributed by atoms with Crippen LogP contribution in [0.25, 0.3) is 0 Å². The van der Waals surface area contributed by atoms with Gasteiger partial charge >= 0.3 is 11.7 Å². The van der Waals surface area contributed by atoms with Crippen LogP contribution in [0.3, 0.4) is 0 Å². The third kappa shape index (κ3) is 40.3. The quantitative estimate of drug-likeness (QED) is 0.00730. The number of nitrogens with one attached hydrogen (secondary N) is 7. The number of hydrogen-bond donors (Lipinski definition) is 11. The largest absolute Gasteiger partial charge is 0.491 e. The van der Waals surface area contributed by atoms with E-state index in [0.29, 0.717) is 168 Å². The molecule has 8 aromatic rings. The first-order chi connectivity index (χ1) is 65.5. The van der Waals surface area contributed by atoms with Crippen LogP contribution in [0.1, 0.15) is 272 Å². The molecule has 0 radical (unpaired) electrons. The zero-order valence-electron chi connectivity index (χ0n) is 82.9. The molecule has 15 N–H and O–H groups in total. The second kappa shape index (κ2) is 58.9. The Kier molecular flexibility index (Phi) is 48.7. The van der Waals surface area contributed by atoms with Gasteiger partial charge in [-0.3, -0.25) is 58.1 Å². The molecule has 0 fully saturated rings. The summed E-state index contributed by atoms with van der Waals surface area (Å²) in [5.41, 5.74) is 26.7. The Morgan fingerprint density at radius 3 is 0.812 bits per heavy atom. The molecule has 0 saturated carbocycles. The Hall–Kier alpha value is -14.3. The number of benzene rings is 8. The van der Waals surface area contributed by atoms with Crippen LogP contribution in [0.2, 0.25) is 0 Å². The van der Waals surface area contributed by atoms with Gasteiger partial charge in [-0.1, -0.05) is 150 Å². The molecule has 34 heteroatoms. The van der Waals surface area contributed by atoms with Crippen molar-refractivity contribution in [2.24, 2.45) is 64.4 Å². The molecule has 8 aromatic carbocycles. The first kappa shape index (κ1) is 114. The summed E-state index contributed by atoms with van der Waals surface area (Å²) >= 11 is 0. The lowest BCUT2D eigenvalue weighted by Crippen LogP contribution is -2.22. The third-order valence-electron chi connectivity index (χ3n) is 19.5. The second-order valence-corrected chi connectivity index (χ2v) is 35.7. The molecule has 1 atom stereocenters. The van der Waals surface area contributed by atoms with Gasteiger partial charge in [0.2, 0.25) is 35.4 Å². The molecule has 0 saturated heterocycles. The number of esters is 1. The molecule has 138 heavy (non-hydrogen) atoms. The normalized spacial score (nSPS) is 11.0. The van der Waals surface area contributed by atoms with Crippen LogP contribution in [0.15, 0.2) is 146 Å². The lowest BCUT2D eigenvalue weighted by molar-refractivity contribution is -0.386. The summed E-state index contributed by atoms with van der Waals surface area (Å²) in [6.07, 6.45) is 8.31. The Morgan fingerprint density at radius 1 is 0.312 bits per heavy atom. The summed E-state index contributed by atoms with van der Waals surface area (Å²) in [7, 11) is 1.30. The van der Waals surface area contributed by atoms with Crippen LogP contribution in [-0.2, 0) is 19.1 Å². The van der Waals surface area contributed by atoms with Crippen molar-refractivity contribution < 1.29 is 100 Å². The van der Waals surface area contributed by atoms with Crippen molar-refractivity contribution in [2.75, 3.05) is 97.1 Å². The van der Waals surface area contributed by atoms with Gasteiger partial charge in [0.15, 0.2) is 5.75 Å². The predicted octanol–water partition coefficient (Wildman–Crippen LogP) is 19.5. The number of primary amides is 3. The second-order valence-electron chi connectivity index (χ2n) is 35.7. The molecule has 34 nitrogen and oxygen atoms in total. The Labute approximate surface area is 809 Å². The third-order valence-corrected chi connectivity index (χ3v) is 19.5. The van der Waals surface area contributed by atoms with Gasteiger partial charge < -0.3 is 103 Å². The van der Waals surface area contributed by atoms with Gasteiger partial charge in [0.1, 0.15) is 40.2 Å². The maximum Gasteiger partial charge on any atom is 0.337 e. The van der Waals surface area contributed by atoms with Crippen molar-refractivity contribution in [3.05, 3.63) is 200 Å². The number of methoxy groups -OCH3 is 1. The topological polar surface area (TPSA) is 502 Å². The minimum absolute atomic E-state index is 0.0207. The molecule has 0 heterocycles. The van der Waals surface area contributed by atoms with E-state index in [1.165, 1.54) is 80.3 Å². The van der Waals surface area contributed by atoms with Crippen LogP contribution < -0.4 is 98.0 Å². The lowest BCUT2D eigenvalue weighted by atomic mass is 10.1. The first-order valence-electron chi connectivity index (χ1n) is 46.6. The molecule has 748 valence electrons. The number of rotatable bonds is 50. The summed E-state index contributed by atoms with van der Waals surface area (Å²) in [5.74, 6) is -0.169.